The van der Waals surface area contributed by atoms with Gasteiger partial charge in [0.2, 0.25) is 0 Å². The fraction of sp³-hybridized carbons (Fsp3) is 0.333. The molecule has 0 unspecified atom stereocenters. The van der Waals surface area contributed by atoms with E-state index in [0.29, 0.717) is 66.5 Å². The highest BCUT2D eigenvalue weighted by molar-refractivity contribution is 6.02. The number of aromatic nitrogens is 8. The Balaban J connectivity index is 0.000000194. The molecule has 6 aromatic rings. The first-order valence-electron chi connectivity index (χ1n) is 20.8. The van der Waals surface area contributed by atoms with Crippen molar-refractivity contribution in [2.75, 3.05) is 36.8 Å². The van der Waals surface area contributed by atoms with Crippen molar-refractivity contribution in [3.05, 3.63) is 97.6 Å². The lowest BCUT2D eigenvalue weighted by atomic mass is 10.1. The summed E-state index contributed by atoms with van der Waals surface area (Å²) in [5.41, 5.74) is 3.17. The highest BCUT2D eigenvalue weighted by atomic mass is 16.5. The lowest BCUT2D eigenvalue weighted by molar-refractivity contribution is 0.156. The fourth-order valence-electron chi connectivity index (χ4n) is 6.93. The van der Waals surface area contributed by atoms with Crippen molar-refractivity contribution >= 4 is 35.8 Å². The summed E-state index contributed by atoms with van der Waals surface area (Å²) in [5, 5.41) is 13.7. The minimum atomic E-state index is -0.502. The predicted molar refractivity (Wildman–Crippen MR) is 241 cm³/mol. The van der Waals surface area contributed by atoms with E-state index in [1.165, 1.54) is 16.0 Å². The van der Waals surface area contributed by atoms with Crippen molar-refractivity contribution in [1.29, 1.82) is 0 Å². The number of hydrogen-bond acceptors (Lipinski definition) is 12. The SMILES string of the molecule is Cc1nc(NC(=O)N2CCN(C(C)(C)C)C2=O)ccc1Oc1ccnc(-c2cnn(C)c2)c1.Cn1cc(-c2cc(Oc3ccc(NC(=O)N4CCN(C(C)(C)C)C4=O)nc3)ccn2)cn1. The van der Waals surface area contributed by atoms with E-state index in [0.717, 1.165) is 22.5 Å². The van der Waals surface area contributed by atoms with Crippen LogP contribution in [0.5, 0.6) is 23.0 Å². The summed E-state index contributed by atoms with van der Waals surface area (Å²) in [6.45, 7) is 15.1. The van der Waals surface area contributed by atoms with Crippen LogP contribution in [0, 0.1) is 6.92 Å². The Morgan fingerprint density at radius 2 is 1.09 bits per heavy atom. The Hall–Kier alpha value is -7.90. The second kappa shape index (κ2) is 18.4. The summed E-state index contributed by atoms with van der Waals surface area (Å²) in [6.07, 6.45) is 12.1. The lowest BCUT2D eigenvalue weighted by Gasteiger charge is -2.31. The first kappa shape index (κ1) is 45.1. The highest BCUT2D eigenvalue weighted by Crippen LogP contribution is 2.30. The van der Waals surface area contributed by atoms with Gasteiger partial charge in [0.25, 0.3) is 0 Å². The van der Waals surface area contributed by atoms with Crippen LogP contribution in [-0.2, 0) is 14.1 Å². The van der Waals surface area contributed by atoms with Crippen molar-refractivity contribution in [1.82, 2.24) is 59.1 Å². The smallest absolute Gasteiger partial charge is 0.331 e. The first-order chi connectivity index (χ1) is 30.8. The van der Waals surface area contributed by atoms with Crippen LogP contribution >= 0.6 is 0 Å². The van der Waals surface area contributed by atoms with Crippen molar-refractivity contribution in [3.63, 3.8) is 0 Å². The molecule has 0 aromatic carbocycles. The summed E-state index contributed by atoms with van der Waals surface area (Å²) in [6, 6.07) is 12.2. The summed E-state index contributed by atoms with van der Waals surface area (Å²) in [4.78, 5) is 73.4. The number of aryl methyl sites for hydroxylation is 3. The Labute approximate surface area is 376 Å². The number of nitrogens with one attached hydrogen (secondary N) is 2. The van der Waals surface area contributed by atoms with Crippen LogP contribution in [0.4, 0.5) is 30.8 Å². The van der Waals surface area contributed by atoms with Crippen molar-refractivity contribution in [2.24, 2.45) is 14.1 Å². The van der Waals surface area contributed by atoms with Crippen molar-refractivity contribution < 1.29 is 28.7 Å². The molecule has 8 amide bonds. The third-order valence-electron chi connectivity index (χ3n) is 10.3. The van der Waals surface area contributed by atoms with Crippen LogP contribution in [0.3, 0.4) is 0 Å². The maximum Gasteiger partial charge on any atom is 0.331 e. The number of anilines is 2. The molecule has 0 bridgehead atoms. The van der Waals surface area contributed by atoms with Gasteiger partial charge in [-0.3, -0.25) is 30.0 Å². The van der Waals surface area contributed by atoms with Crippen LogP contribution < -0.4 is 20.1 Å². The van der Waals surface area contributed by atoms with Gasteiger partial charge in [-0.25, -0.2) is 38.9 Å². The molecule has 0 saturated carbocycles. The Bertz CT molecular complexity index is 2700. The lowest BCUT2D eigenvalue weighted by Crippen LogP contribution is -2.46. The second-order valence-electron chi connectivity index (χ2n) is 17.3. The molecule has 6 aromatic heterocycles. The van der Waals surface area contributed by atoms with E-state index in [9.17, 15) is 19.2 Å². The first-order valence-corrected chi connectivity index (χ1v) is 20.8. The number of carbonyl (C=O) groups is 4. The number of carbonyl (C=O) groups excluding carboxylic acids is 4. The molecule has 8 heterocycles. The molecule has 338 valence electrons. The normalized spacial score (nSPS) is 14.0. The van der Waals surface area contributed by atoms with Gasteiger partial charge in [-0.15, -0.1) is 0 Å². The zero-order valence-corrected chi connectivity index (χ0v) is 37.8. The number of nitrogens with zero attached hydrogens (tertiary/aromatic N) is 12. The number of rotatable bonds is 8. The number of ether oxygens (including phenoxy) is 2. The van der Waals surface area contributed by atoms with Crippen LogP contribution in [0.15, 0.2) is 91.9 Å². The Kier molecular flexibility index (Phi) is 12.8. The van der Waals surface area contributed by atoms with E-state index in [-0.39, 0.29) is 23.1 Å². The molecule has 0 aliphatic carbocycles. The number of urea groups is 4. The minimum absolute atomic E-state index is 0.307. The third kappa shape index (κ3) is 10.8. The zero-order chi connectivity index (χ0) is 46.6. The molecule has 0 spiro atoms. The van der Waals surface area contributed by atoms with Gasteiger partial charge in [0.1, 0.15) is 34.6 Å². The number of pyridine rings is 4. The molecule has 8 rings (SSSR count). The van der Waals surface area contributed by atoms with E-state index in [4.69, 9.17) is 9.47 Å². The Morgan fingerprint density at radius 3 is 1.52 bits per heavy atom. The van der Waals surface area contributed by atoms with Crippen LogP contribution in [0.25, 0.3) is 22.5 Å². The zero-order valence-electron chi connectivity index (χ0n) is 37.8. The number of hydrogen-bond donors (Lipinski definition) is 2. The van der Waals surface area contributed by atoms with Gasteiger partial charge in [-0.05, 0) is 84.9 Å². The minimum Gasteiger partial charge on any atom is -0.456 e. The van der Waals surface area contributed by atoms with Gasteiger partial charge in [-0.2, -0.15) is 10.2 Å². The maximum absolute atomic E-state index is 12.6. The summed E-state index contributed by atoms with van der Waals surface area (Å²) < 4.78 is 15.3. The highest BCUT2D eigenvalue weighted by Gasteiger charge is 2.40. The van der Waals surface area contributed by atoms with E-state index in [1.54, 1.807) is 87.3 Å². The van der Waals surface area contributed by atoms with Gasteiger partial charge >= 0.3 is 24.1 Å². The monoisotopic (exact) mass is 884 g/mol. The number of imide groups is 2. The molecule has 2 aliphatic rings. The van der Waals surface area contributed by atoms with Crippen molar-refractivity contribution in [2.45, 2.75) is 59.5 Å². The number of amides is 8. The standard InChI is InChI=1S/C23H27N7O3.C22H25N7O3/c1-15-19(33-17-8-9-24-18(12-17)16-13-25-28(5)14-16)6-7-20(26-15)27-21(31)29-10-11-30(22(29)32)23(2,3)4;1-22(2,3)29-10-9-28(21(29)31)20(30)26-19-6-5-17(13-24-19)32-16-7-8-23-18(11-16)15-12-25-27(4)14-15/h6-9,12-14H,10-11H2,1-5H3,(H,26,27,31);5-8,11-14H,9-10H2,1-4H3,(H,24,26,30). The summed E-state index contributed by atoms with van der Waals surface area (Å²) in [7, 11) is 3.69. The predicted octanol–water partition coefficient (Wildman–Crippen LogP) is 7.78. The molecule has 20 nitrogen and oxygen atoms in total. The average molecular weight is 885 g/mol. The average Bonchev–Trinajstić information content (AvgIpc) is 4.07. The molecule has 2 fully saturated rings. The van der Waals surface area contributed by atoms with E-state index >= 15 is 0 Å². The fourth-order valence-corrected chi connectivity index (χ4v) is 6.93. The summed E-state index contributed by atoms with van der Waals surface area (Å²) >= 11 is 0. The van der Waals surface area contributed by atoms with Crippen LogP contribution in [0.1, 0.15) is 47.2 Å². The topological polar surface area (TPSA) is 211 Å². The molecule has 20 heteroatoms. The van der Waals surface area contributed by atoms with Gasteiger partial charge in [0.05, 0.1) is 35.7 Å². The molecule has 2 aliphatic heterocycles. The van der Waals surface area contributed by atoms with E-state index in [1.807, 2.05) is 80.2 Å². The molecule has 2 N–H and O–H groups in total. The molecule has 65 heavy (non-hydrogen) atoms. The van der Waals surface area contributed by atoms with Crippen LogP contribution in [0.2, 0.25) is 0 Å². The molecule has 0 atom stereocenters. The molecule has 0 radical (unpaired) electrons. The van der Waals surface area contributed by atoms with E-state index < -0.39 is 12.1 Å². The van der Waals surface area contributed by atoms with Gasteiger partial charge < -0.3 is 19.3 Å². The molecule has 2 saturated heterocycles. The van der Waals surface area contributed by atoms with Gasteiger partial charge in [-0.1, -0.05) is 0 Å². The van der Waals surface area contributed by atoms with E-state index in [2.05, 4.69) is 40.8 Å². The maximum atomic E-state index is 12.6. The molecular formula is C45H52N14O6. The quantitative estimate of drug-likeness (QED) is 0.150. The Morgan fingerprint density at radius 1 is 0.600 bits per heavy atom. The largest absolute Gasteiger partial charge is 0.456 e. The third-order valence-corrected chi connectivity index (χ3v) is 10.3. The summed E-state index contributed by atoms with van der Waals surface area (Å²) in [5.74, 6) is 2.93. The van der Waals surface area contributed by atoms with Crippen LogP contribution in [-0.4, -0.2) is 120 Å². The second-order valence-corrected chi connectivity index (χ2v) is 17.3. The molecular weight excluding hydrogens is 833 g/mol. The van der Waals surface area contributed by atoms with Gasteiger partial charge in [0.15, 0.2) is 0 Å². The van der Waals surface area contributed by atoms with Crippen molar-refractivity contribution in [3.8, 4) is 45.5 Å². The van der Waals surface area contributed by atoms with Gasteiger partial charge in [0, 0.05) is 99.4 Å².